The summed E-state index contributed by atoms with van der Waals surface area (Å²) < 4.78 is 0. The molecule has 0 aromatic heterocycles. The zero-order valence-corrected chi connectivity index (χ0v) is 17.3. The number of aliphatic hydroxyl groups excluding tert-OH is 1. The molecule has 0 aliphatic rings. The number of rotatable bonds is 7. The lowest BCUT2D eigenvalue weighted by Crippen LogP contribution is -2.18. The molecule has 3 heteroatoms. The van der Waals surface area contributed by atoms with Gasteiger partial charge >= 0.3 is 0 Å². The Morgan fingerprint density at radius 3 is 2.17 bits per heavy atom. The van der Waals surface area contributed by atoms with Gasteiger partial charge in [-0.1, -0.05) is 90.6 Å². The highest BCUT2D eigenvalue weighted by molar-refractivity contribution is 7.99. The maximum Gasteiger partial charge on any atom is 0.0692 e. The van der Waals surface area contributed by atoms with Crippen LogP contribution in [-0.4, -0.2) is 5.11 Å². The van der Waals surface area contributed by atoms with E-state index in [0.29, 0.717) is 0 Å². The van der Waals surface area contributed by atoms with E-state index in [0.717, 1.165) is 17.0 Å². The number of nitrogens with one attached hydrogen (secondary N) is 1. The molecule has 0 aliphatic carbocycles. The molecular weight excluding hydrogens is 374 g/mol. The van der Waals surface area contributed by atoms with E-state index in [2.05, 4.69) is 85.0 Å². The Kier molecular flexibility index (Phi) is 6.30. The molecule has 0 bridgehead atoms. The third-order valence-corrected chi connectivity index (χ3v) is 6.46. The van der Waals surface area contributed by atoms with Crippen LogP contribution in [0.1, 0.15) is 29.7 Å². The Labute approximate surface area is 176 Å². The van der Waals surface area contributed by atoms with Crippen molar-refractivity contribution in [3.05, 3.63) is 108 Å². The molecule has 0 aliphatic heterocycles. The second kappa shape index (κ2) is 9.27. The molecule has 4 aromatic rings. The summed E-state index contributed by atoms with van der Waals surface area (Å²) in [7, 11) is 0. The van der Waals surface area contributed by atoms with Crippen LogP contribution < -0.4 is 5.32 Å². The molecule has 4 aromatic carbocycles. The Morgan fingerprint density at radius 1 is 0.759 bits per heavy atom. The van der Waals surface area contributed by atoms with Gasteiger partial charge in [-0.3, -0.25) is 0 Å². The molecule has 29 heavy (non-hydrogen) atoms. The van der Waals surface area contributed by atoms with Crippen molar-refractivity contribution in [1.82, 2.24) is 5.32 Å². The fourth-order valence-corrected chi connectivity index (χ4v) is 4.67. The van der Waals surface area contributed by atoms with Gasteiger partial charge in [-0.05, 0) is 46.5 Å². The van der Waals surface area contributed by atoms with Gasteiger partial charge < -0.3 is 10.4 Å². The summed E-state index contributed by atoms with van der Waals surface area (Å²) in [6.45, 7) is 3.06. The smallest absolute Gasteiger partial charge is 0.0692 e. The molecular formula is C26H25NOS. The van der Waals surface area contributed by atoms with Gasteiger partial charge in [0.1, 0.15) is 0 Å². The van der Waals surface area contributed by atoms with Crippen molar-refractivity contribution in [1.29, 1.82) is 0 Å². The van der Waals surface area contributed by atoms with Crippen molar-refractivity contribution >= 4 is 22.5 Å². The lowest BCUT2D eigenvalue weighted by atomic mass is 9.99. The fourth-order valence-electron chi connectivity index (χ4n) is 3.60. The fraction of sp³-hybridized carbons (Fsp3) is 0.154. The maximum atomic E-state index is 9.63. The van der Waals surface area contributed by atoms with E-state index in [1.54, 1.807) is 11.8 Å². The van der Waals surface area contributed by atoms with Crippen molar-refractivity contribution in [3.8, 4) is 0 Å². The van der Waals surface area contributed by atoms with Crippen LogP contribution in [0.4, 0.5) is 0 Å². The molecule has 0 radical (unpaired) electrons. The van der Waals surface area contributed by atoms with Gasteiger partial charge in [0.05, 0.1) is 6.61 Å². The predicted molar refractivity (Wildman–Crippen MR) is 122 cm³/mol. The van der Waals surface area contributed by atoms with Crippen molar-refractivity contribution in [2.24, 2.45) is 0 Å². The van der Waals surface area contributed by atoms with Gasteiger partial charge in [-0.15, -0.1) is 0 Å². The van der Waals surface area contributed by atoms with Gasteiger partial charge in [0.15, 0.2) is 0 Å². The number of benzene rings is 4. The van der Waals surface area contributed by atoms with E-state index < -0.39 is 0 Å². The summed E-state index contributed by atoms with van der Waals surface area (Å²) in [5, 5.41) is 15.9. The van der Waals surface area contributed by atoms with E-state index in [4.69, 9.17) is 0 Å². The van der Waals surface area contributed by atoms with Crippen LogP contribution in [0.25, 0.3) is 10.8 Å². The van der Waals surface area contributed by atoms with Gasteiger partial charge in [-0.2, -0.15) is 0 Å². The monoisotopic (exact) mass is 399 g/mol. The zero-order chi connectivity index (χ0) is 20.1. The standard InChI is InChI=1S/C26H25NOS/c1-19(23-14-8-12-20-9-2-5-13-24(20)23)27-17-21-10-3-6-15-25(21)29-26-16-7-4-11-22(26)18-28/h2-16,19,27-28H,17-18H2,1H3/t19-/m1/s1. The average molecular weight is 400 g/mol. The van der Waals surface area contributed by atoms with Crippen LogP contribution in [0.3, 0.4) is 0 Å². The largest absolute Gasteiger partial charge is 0.392 e. The summed E-state index contributed by atoms with van der Waals surface area (Å²) in [4.78, 5) is 2.32. The summed E-state index contributed by atoms with van der Waals surface area (Å²) in [6, 6.07) is 31.8. The number of hydrogen-bond donors (Lipinski definition) is 2. The highest BCUT2D eigenvalue weighted by atomic mass is 32.2. The Bertz CT molecular complexity index is 1100. The molecule has 0 saturated heterocycles. The van der Waals surface area contributed by atoms with Gasteiger partial charge in [0.2, 0.25) is 0 Å². The SMILES string of the molecule is C[C@@H](NCc1ccccc1Sc1ccccc1CO)c1cccc2ccccc12. The average Bonchev–Trinajstić information content (AvgIpc) is 2.78. The van der Waals surface area contributed by atoms with E-state index in [1.165, 1.54) is 26.8 Å². The predicted octanol–water partition coefficient (Wildman–Crippen LogP) is 6.33. The van der Waals surface area contributed by atoms with Gasteiger partial charge in [0, 0.05) is 22.4 Å². The molecule has 2 N–H and O–H groups in total. The summed E-state index contributed by atoms with van der Waals surface area (Å²) >= 11 is 1.72. The summed E-state index contributed by atoms with van der Waals surface area (Å²) in [6.07, 6.45) is 0. The number of fused-ring (bicyclic) bond motifs is 1. The van der Waals surface area contributed by atoms with Crippen LogP contribution in [-0.2, 0) is 13.2 Å². The minimum Gasteiger partial charge on any atom is -0.392 e. The Morgan fingerprint density at radius 2 is 1.38 bits per heavy atom. The van der Waals surface area contributed by atoms with E-state index in [9.17, 15) is 5.11 Å². The molecule has 0 heterocycles. The highest BCUT2D eigenvalue weighted by Gasteiger charge is 2.11. The maximum absolute atomic E-state index is 9.63. The number of aliphatic hydroxyl groups is 1. The lowest BCUT2D eigenvalue weighted by Gasteiger charge is -2.18. The first-order valence-electron chi connectivity index (χ1n) is 9.92. The second-order valence-electron chi connectivity index (χ2n) is 7.15. The Balaban J connectivity index is 1.53. The molecule has 0 unspecified atom stereocenters. The van der Waals surface area contributed by atoms with Crippen molar-refractivity contribution in [2.75, 3.05) is 0 Å². The molecule has 2 nitrogen and oxygen atoms in total. The molecule has 0 saturated carbocycles. The molecule has 0 spiro atoms. The first-order valence-corrected chi connectivity index (χ1v) is 10.7. The quantitative estimate of drug-likeness (QED) is 0.381. The van der Waals surface area contributed by atoms with E-state index >= 15 is 0 Å². The second-order valence-corrected chi connectivity index (χ2v) is 8.23. The third-order valence-electron chi connectivity index (χ3n) is 5.22. The number of hydrogen-bond acceptors (Lipinski definition) is 3. The zero-order valence-electron chi connectivity index (χ0n) is 16.5. The topological polar surface area (TPSA) is 32.3 Å². The van der Waals surface area contributed by atoms with E-state index in [-0.39, 0.29) is 12.6 Å². The molecule has 0 amide bonds. The first-order chi connectivity index (χ1) is 14.3. The third kappa shape index (κ3) is 4.54. The van der Waals surface area contributed by atoms with Crippen molar-refractivity contribution < 1.29 is 5.11 Å². The first kappa shape index (κ1) is 19.7. The molecule has 0 fully saturated rings. The normalized spacial score (nSPS) is 12.2. The lowest BCUT2D eigenvalue weighted by molar-refractivity contribution is 0.279. The van der Waals surface area contributed by atoms with Crippen LogP contribution in [0.2, 0.25) is 0 Å². The summed E-state index contributed by atoms with van der Waals surface area (Å²) in [5.41, 5.74) is 3.54. The van der Waals surface area contributed by atoms with Gasteiger partial charge in [-0.25, -0.2) is 0 Å². The molecule has 1 atom stereocenters. The van der Waals surface area contributed by atoms with Crippen LogP contribution in [0.5, 0.6) is 0 Å². The van der Waals surface area contributed by atoms with Crippen LogP contribution >= 0.6 is 11.8 Å². The Hall–Kier alpha value is -2.59. The minimum atomic E-state index is 0.0572. The van der Waals surface area contributed by atoms with Crippen molar-refractivity contribution in [2.45, 2.75) is 35.9 Å². The van der Waals surface area contributed by atoms with Crippen LogP contribution in [0, 0.1) is 0 Å². The van der Waals surface area contributed by atoms with Crippen LogP contribution in [0.15, 0.2) is 101 Å². The molecule has 4 rings (SSSR count). The highest BCUT2D eigenvalue weighted by Crippen LogP contribution is 2.33. The molecule has 146 valence electrons. The van der Waals surface area contributed by atoms with Crippen molar-refractivity contribution in [3.63, 3.8) is 0 Å². The van der Waals surface area contributed by atoms with E-state index in [1.807, 2.05) is 18.2 Å². The minimum absolute atomic E-state index is 0.0572. The summed E-state index contributed by atoms with van der Waals surface area (Å²) in [5.74, 6) is 0. The van der Waals surface area contributed by atoms with Gasteiger partial charge in [0.25, 0.3) is 0 Å².